The average Bonchev–Trinajstić information content (AvgIpc) is 2.85. The van der Waals surface area contributed by atoms with Crippen LogP contribution >= 0.6 is 0 Å². The van der Waals surface area contributed by atoms with Gasteiger partial charge in [-0.15, -0.1) is 0 Å². The van der Waals surface area contributed by atoms with E-state index in [1.54, 1.807) is 0 Å². The second kappa shape index (κ2) is 9.15. The summed E-state index contributed by atoms with van der Waals surface area (Å²) in [5, 5.41) is 9.53. The maximum Gasteiger partial charge on any atom is 0.0603 e. The van der Waals surface area contributed by atoms with E-state index in [9.17, 15) is 0 Å². The lowest BCUT2D eigenvalue weighted by Gasteiger charge is -2.38. The van der Waals surface area contributed by atoms with E-state index in [0.29, 0.717) is 0 Å². The zero-order chi connectivity index (χ0) is 20.9. The number of hydrazone groups is 1. The third-order valence-corrected chi connectivity index (χ3v) is 6.07. The Balaban J connectivity index is 1.31. The number of piperazine rings is 1. The Hall–Kier alpha value is -3.43. The van der Waals surface area contributed by atoms with Gasteiger partial charge in [0.15, 0.2) is 0 Å². The van der Waals surface area contributed by atoms with Gasteiger partial charge in [-0.3, -0.25) is 9.91 Å². The molecule has 3 heteroatoms. The van der Waals surface area contributed by atoms with Crippen LogP contribution in [0.1, 0.15) is 22.7 Å². The van der Waals surface area contributed by atoms with Gasteiger partial charge in [0.05, 0.1) is 12.3 Å². The lowest BCUT2D eigenvalue weighted by molar-refractivity contribution is 0.113. The Morgan fingerprint density at radius 3 is 1.87 bits per heavy atom. The van der Waals surface area contributed by atoms with Crippen molar-refractivity contribution >= 4 is 17.0 Å². The number of nitrogens with zero attached hydrogens (tertiary/aromatic N) is 3. The maximum atomic E-state index is 4.82. The van der Waals surface area contributed by atoms with Crippen LogP contribution in [-0.2, 0) is 0 Å². The normalized spacial score (nSPS) is 15.2. The first-order chi connectivity index (χ1) is 15.4. The molecule has 0 N–H and O–H groups in total. The summed E-state index contributed by atoms with van der Waals surface area (Å²) in [4.78, 5) is 2.58. The third-order valence-electron chi connectivity index (χ3n) is 6.07. The molecule has 1 aliphatic rings. The van der Waals surface area contributed by atoms with Gasteiger partial charge in [0, 0.05) is 31.7 Å². The van der Waals surface area contributed by atoms with E-state index >= 15 is 0 Å². The minimum Gasteiger partial charge on any atom is -0.294 e. The van der Waals surface area contributed by atoms with Crippen LogP contribution < -0.4 is 0 Å². The highest BCUT2D eigenvalue weighted by atomic mass is 15.5. The molecule has 1 fully saturated rings. The predicted molar refractivity (Wildman–Crippen MR) is 129 cm³/mol. The van der Waals surface area contributed by atoms with Crippen LogP contribution in [0.15, 0.2) is 108 Å². The first-order valence-electron chi connectivity index (χ1n) is 11.0. The van der Waals surface area contributed by atoms with Gasteiger partial charge in [-0.25, -0.2) is 0 Å². The Labute approximate surface area is 184 Å². The molecule has 154 valence electrons. The Morgan fingerprint density at radius 2 is 1.19 bits per heavy atom. The molecule has 0 aliphatic carbocycles. The molecule has 0 saturated carbocycles. The number of fused-ring (bicyclic) bond motifs is 1. The fourth-order valence-electron chi connectivity index (χ4n) is 4.48. The number of benzene rings is 4. The largest absolute Gasteiger partial charge is 0.294 e. The van der Waals surface area contributed by atoms with Crippen molar-refractivity contribution < 1.29 is 0 Å². The second-order valence-electron chi connectivity index (χ2n) is 8.03. The maximum absolute atomic E-state index is 4.82. The van der Waals surface area contributed by atoms with E-state index < -0.39 is 0 Å². The molecular formula is C28H27N3. The molecule has 0 aromatic heterocycles. The first kappa shape index (κ1) is 19.5. The molecule has 0 unspecified atom stereocenters. The van der Waals surface area contributed by atoms with Gasteiger partial charge in [-0.2, -0.15) is 5.10 Å². The number of hydrogen-bond donors (Lipinski definition) is 0. The van der Waals surface area contributed by atoms with Gasteiger partial charge in [0.1, 0.15) is 0 Å². The van der Waals surface area contributed by atoms with E-state index in [1.807, 2.05) is 6.21 Å². The first-order valence-corrected chi connectivity index (χ1v) is 11.0. The molecule has 1 heterocycles. The molecule has 1 saturated heterocycles. The summed E-state index contributed by atoms with van der Waals surface area (Å²) < 4.78 is 0. The molecule has 0 bridgehead atoms. The second-order valence-corrected chi connectivity index (χ2v) is 8.03. The van der Waals surface area contributed by atoms with E-state index in [-0.39, 0.29) is 6.04 Å². The van der Waals surface area contributed by atoms with E-state index in [0.717, 1.165) is 26.2 Å². The molecule has 0 spiro atoms. The topological polar surface area (TPSA) is 18.8 Å². The molecular weight excluding hydrogens is 378 g/mol. The molecule has 1 aliphatic heterocycles. The van der Waals surface area contributed by atoms with Crippen LogP contribution in [0.5, 0.6) is 0 Å². The Bertz CT molecular complexity index is 1100. The highest BCUT2D eigenvalue weighted by Gasteiger charge is 2.25. The molecule has 0 radical (unpaired) electrons. The van der Waals surface area contributed by atoms with Crippen molar-refractivity contribution in [1.29, 1.82) is 0 Å². The lowest BCUT2D eigenvalue weighted by atomic mass is 9.96. The summed E-state index contributed by atoms with van der Waals surface area (Å²) in [6.45, 7) is 3.83. The molecule has 4 aromatic carbocycles. The summed E-state index contributed by atoms with van der Waals surface area (Å²) >= 11 is 0. The van der Waals surface area contributed by atoms with Crippen molar-refractivity contribution in [3.05, 3.63) is 120 Å². The van der Waals surface area contributed by atoms with Gasteiger partial charge in [-0.1, -0.05) is 103 Å². The van der Waals surface area contributed by atoms with Gasteiger partial charge < -0.3 is 0 Å². The molecule has 4 aromatic rings. The van der Waals surface area contributed by atoms with Crippen molar-refractivity contribution in [3.63, 3.8) is 0 Å². The monoisotopic (exact) mass is 405 g/mol. The van der Waals surface area contributed by atoms with Crippen molar-refractivity contribution in [1.82, 2.24) is 9.91 Å². The zero-order valence-electron chi connectivity index (χ0n) is 17.6. The highest BCUT2D eigenvalue weighted by molar-refractivity contribution is 5.99. The molecule has 0 amide bonds. The summed E-state index contributed by atoms with van der Waals surface area (Å²) in [5.41, 5.74) is 3.87. The van der Waals surface area contributed by atoms with Crippen molar-refractivity contribution in [2.45, 2.75) is 6.04 Å². The Kier molecular flexibility index (Phi) is 5.76. The van der Waals surface area contributed by atoms with Gasteiger partial charge in [0.2, 0.25) is 0 Å². The highest BCUT2D eigenvalue weighted by Crippen LogP contribution is 2.29. The molecule has 5 rings (SSSR count). The Morgan fingerprint density at radius 1 is 0.613 bits per heavy atom. The summed E-state index contributed by atoms with van der Waals surface area (Å²) in [6.07, 6.45) is 2.02. The van der Waals surface area contributed by atoms with Crippen LogP contribution in [0.2, 0.25) is 0 Å². The predicted octanol–water partition coefficient (Wildman–Crippen LogP) is 5.58. The van der Waals surface area contributed by atoms with E-state index in [4.69, 9.17) is 5.10 Å². The van der Waals surface area contributed by atoms with Crippen LogP contribution in [0.25, 0.3) is 10.8 Å². The summed E-state index contributed by atoms with van der Waals surface area (Å²) in [7, 11) is 0. The quantitative estimate of drug-likeness (QED) is 0.404. The summed E-state index contributed by atoms with van der Waals surface area (Å²) in [5.74, 6) is 0. The minimum absolute atomic E-state index is 0.284. The van der Waals surface area contributed by atoms with Crippen molar-refractivity contribution in [2.24, 2.45) is 5.10 Å². The fraction of sp³-hybridized carbons (Fsp3) is 0.179. The van der Waals surface area contributed by atoms with Gasteiger partial charge >= 0.3 is 0 Å². The molecule has 31 heavy (non-hydrogen) atoms. The smallest absolute Gasteiger partial charge is 0.0603 e. The van der Waals surface area contributed by atoms with Gasteiger partial charge in [0.25, 0.3) is 0 Å². The molecule has 3 nitrogen and oxygen atoms in total. The molecule has 0 atom stereocenters. The van der Waals surface area contributed by atoms with Crippen molar-refractivity contribution in [3.8, 4) is 0 Å². The van der Waals surface area contributed by atoms with Crippen LogP contribution in [0, 0.1) is 0 Å². The fourth-order valence-corrected chi connectivity index (χ4v) is 4.48. The standard InChI is InChI=1S/C28H27N3/c1-3-11-24(12-4-1)28(25-13-5-2-6-14-25)30-18-20-31(21-19-30)29-22-26-16-9-15-23-10-7-8-17-27(23)26/h1-17,22,28H,18-21H2. The van der Waals surface area contributed by atoms with Crippen LogP contribution in [-0.4, -0.2) is 42.3 Å². The number of hydrogen-bond acceptors (Lipinski definition) is 3. The van der Waals surface area contributed by atoms with E-state index in [2.05, 4.69) is 113 Å². The lowest BCUT2D eigenvalue weighted by Crippen LogP contribution is -2.45. The minimum atomic E-state index is 0.284. The van der Waals surface area contributed by atoms with Crippen LogP contribution in [0.3, 0.4) is 0 Å². The average molecular weight is 406 g/mol. The SMILES string of the molecule is C(=NN1CCN(C(c2ccccc2)c2ccccc2)CC1)c1cccc2ccccc12. The number of rotatable bonds is 5. The van der Waals surface area contributed by atoms with Gasteiger partial charge in [-0.05, 0) is 21.9 Å². The van der Waals surface area contributed by atoms with Crippen LogP contribution in [0.4, 0.5) is 0 Å². The third kappa shape index (κ3) is 4.37. The van der Waals surface area contributed by atoms with E-state index in [1.165, 1.54) is 27.5 Å². The zero-order valence-corrected chi connectivity index (χ0v) is 17.6. The van der Waals surface area contributed by atoms with Crippen molar-refractivity contribution in [2.75, 3.05) is 26.2 Å². The summed E-state index contributed by atoms with van der Waals surface area (Å²) in [6, 6.07) is 36.8.